The molecular formula is C16H31N3S. The lowest BCUT2D eigenvalue weighted by atomic mass is 9.78. The summed E-state index contributed by atoms with van der Waals surface area (Å²) >= 11 is 1.94. The molecule has 2 aliphatic rings. The second kappa shape index (κ2) is 6.69. The van der Waals surface area contributed by atoms with Crippen LogP contribution < -0.4 is 5.32 Å². The highest BCUT2D eigenvalue weighted by molar-refractivity contribution is 8.14. The van der Waals surface area contributed by atoms with Gasteiger partial charge in [0.25, 0.3) is 0 Å². The molecule has 0 radical (unpaired) electrons. The van der Waals surface area contributed by atoms with E-state index in [1.54, 1.807) is 0 Å². The fourth-order valence-electron chi connectivity index (χ4n) is 3.41. The normalized spacial score (nSPS) is 34.1. The van der Waals surface area contributed by atoms with Gasteiger partial charge in [-0.05, 0) is 38.8 Å². The van der Waals surface area contributed by atoms with E-state index in [-0.39, 0.29) is 0 Å². The zero-order valence-electron chi connectivity index (χ0n) is 13.8. The number of thioether (sulfide) groups is 1. The Hall–Kier alpha value is -0.220. The standard InChI is InChI=1S/C16H31N3S/c1-12(2)14(10-19(4)5)17-15-18-16(11-20-15)8-6-7-13(3)9-16/h12-14H,6-11H2,1-5H3,(H,17,18). The van der Waals surface area contributed by atoms with Gasteiger partial charge in [0.1, 0.15) is 0 Å². The Morgan fingerprint density at radius 2 is 2.20 bits per heavy atom. The average molecular weight is 298 g/mol. The minimum absolute atomic E-state index is 0.348. The summed E-state index contributed by atoms with van der Waals surface area (Å²) in [6.45, 7) is 7.98. The summed E-state index contributed by atoms with van der Waals surface area (Å²) in [5, 5.41) is 4.98. The average Bonchev–Trinajstić information content (AvgIpc) is 2.70. The third-order valence-corrected chi connectivity index (χ3v) is 5.73. The molecule has 0 aromatic rings. The van der Waals surface area contributed by atoms with E-state index in [0.717, 1.165) is 12.5 Å². The third-order valence-electron chi connectivity index (χ3n) is 4.55. The first-order valence-electron chi connectivity index (χ1n) is 8.04. The van der Waals surface area contributed by atoms with Crippen molar-refractivity contribution in [3.63, 3.8) is 0 Å². The molecule has 116 valence electrons. The molecule has 1 spiro atoms. The van der Waals surface area contributed by atoms with Crippen LogP contribution in [0.15, 0.2) is 4.99 Å². The number of hydrogen-bond donors (Lipinski definition) is 1. The van der Waals surface area contributed by atoms with Crippen molar-refractivity contribution in [1.29, 1.82) is 0 Å². The van der Waals surface area contributed by atoms with Gasteiger partial charge < -0.3 is 10.2 Å². The van der Waals surface area contributed by atoms with Crippen molar-refractivity contribution < 1.29 is 0 Å². The van der Waals surface area contributed by atoms with Gasteiger partial charge in [-0.3, -0.25) is 4.99 Å². The van der Waals surface area contributed by atoms with E-state index in [1.165, 1.54) is 36.6 Å². The van der Waals surface area contributed by atoms with Crippen molar-refractivity contribution in [2.45, 2.75) is 58.0 Å². The molecule has 1 heterocycles. The predicted molar refractivity (Wildman–Crippen MR) is 90.6 cm³/mol. The Labute approximate surface area is 129 Å². The first-order chi connectivity index (χ1) is 9.40. The van der Waals surface area contributed by atoms with E-state index in [0.29, 0.717) is 17.5 Å². The second-order valence-electron chi connectivity index (χ2n) is 7.40. The molecule has 4 heteroatoms. The number of likely N-dealkylation sites (N-methyl/N-ethyl adjacent to an activating group) is 1. The van der Waals surface area contributed by atoms with Gasteiger partial charge in [0.05, 0.1) is 6.04 Å². The van der Waals surface area contributed by atoms with Crippen molar-refractivity contribution in [3.05, 3.63) is 0 Å². The van der Waals surface area contributed by atoms with Crippen LogP contribution in [0.2, 0.25) is 0 Å². The number of hydrogen-bond acceptors (Lipinski definition) is 3. The lowest BCUT2D eigenvalue weighted by molar-refractivity contribution is 0.242. The van der Waals surface area contributed by atoms with E-state index in [4.69, 9.17) is 4.99 Å². The third kappa shape index (κ3) is 4.14. The molecule has 0 aromatic heterocycles. The van der Waals surface area contributed by atoms with Gasteiger partial charge in [-0.1, -0.05) is 45.4 Å². The molecule has 0 bridgehead atoms. The molecule has 1 aliphatic heterocycles. The van der Waals surface area contributed by atoms with Gasteiger partial charge in [-0.25, -0.2) is 0 Å². The highest BCUT2D eigenvalue weighted by atomic mass is 32.2. The summed E-state index contributed by atoms with van der Waals surface area (Å²) in [6, 6.07) is 0.399. The van der Waals surface area contributed by atoms with Gasteiger partial charge >= 0.3 is 0 Å². The minimum atomic E-state index is 0.348. The monoisotopic (exact) mass is 297 g/mol. The van der Waals surface area contributed by atoms with Crippen LogP contribution in [0.1, 0.15) is 46.5 Å². The molecule has 1 N–H and O–H groups in total. The van der Waals surface area contributed by atoms with Crippen LogP contribution in [0.5, 0.6) is 0 Å². The van der Waals surface area contributed by atoms with Crippen molar-refractivity contribution in [2.75, 3.05) is 26.4 Å². The van der Waals surface area contributed by atoms with E-state index in [9.17, 15) is 0 Å². The second-order valence-corrected chi connectivity index (χ2v) is 8.37. The lowest BCUT2D eigenvalue weighted by Crippen LogP contribution is -2.47. The lowest BCUT2D eigenvalue weighted by Gasteiger charge is -2.36. The molecule has 20 heavy (non-hydrogen) atoms. The summed E-state index contributed by atoms with van der Waals surface area (Å²) in [5.41, 5.74) is 0.348. The van der Waals surface area contributed by atoms with Crippen LogP contribution in [-0.2, 0) is 0 Å². The fourth-order valence-corrected chi connectivity index (χ4v) is 4.65. The summed E-state index contributed by atoms with van der Waals surface area (Å²) in [6.07, 6.45) is 5.41. The van der Waals surface area contributed by atoms with Gasteiger partial charge in [0.2, 0.25) is 0 Å². The maximum absolute atomic E-state index is 5.02. The molecule has 3 atom stereocenters. The molecule has 1 aliphatic carbocycles. The number of nitrogens with zero attached hydrogens (tertiary/aromatic N) is 2. The predicted octanol–water partition coefficient (Wildman–Crippen LogP) is 3.21. The summed E-state index contributed by atoms with van der Waals surface area (Å²) < 4.78 is 0. The van der Waals surface area contributed by atoms with Crippen LogP contribution >= 0.6 is 11.8 Å². The fraction of sp³-hybridized carbons (Fsp3) is 0.938. The number of amidine groups is 1. The molecule has 2 rings (SSSR count). The molecule has 3 nitrogen and oxygen atoms in total. The number of rotatable bonds is 4. The highest BCUT2D eigenvalue weighted by Gasteiger charge is 2.40. The Bertz CT molecular complexity index is 354. The van der Waals surface area contributed by atoms with E-state index in [1.807, 2.05) is 11.8 Å². The molecule has 1 saturated carbocycles. The Morgan fingerprint density at radius 1 is 1.45 bits per heavy atom. The molecule has 0 aromatic carbocycles. The molecule has 0 amide bonds. The van der Waals surface area contributed by atoms with Gasteiger partial charge in [-0.2, -0.15) is 0 Å². The maximum atomic E-state index is 5.02. The summed E-state index contributed by atoms with van der Waals surface area (Å²) in [7, 11) is 4.27. The maximum Gasteiger partial charge on any atom is 0.157 e. The van der Waals surface area contributed by atoms with Crippen LogP contribution in [-0.4, -0.2) is 48.0 Å². The smallest absolute Gasteiger partial charge is 0.157 e. The van der Waals surface area contributed by atoms with Crippen LogP contribution in [0.25, 0.3) is 0 Å². The largest absolute Gasteiger partial charge is 0.359 e. The van der Waals surface area contributed by atoms with Crippen LogP contribution in [0, 0.1) is 11.8 Å². The van der Waals surface area contributed by atoms with E-state index < -0.39 is 0 Å². The molecule has 2 fully saturated rings. The zero-order valence-corrected chi connectivity index (χ0v) is 14.6. The van der Waals surface area contributed by atoms with Crippen molar-refractivity contribution in [3.8, 4) is 0 Å². The molecule has 1 saturated heterocycles. The number of aliphatic imine (C=N–C) groups is 1. The molecule has 3 unspecified atom stereocenters. The van der Waals surface area contributed by atoms with E-state index >= 15 is 0 Å². The SMILES string of the molecule is CC1CCCC2(CSC(=NC(CN(C)C)C(C)C)N2)C1. The Morgan fingerprint density at radius 3 is 2.80 bits per heavy atom. The van der Waals surface area contributed by atoms with E-state index in [2.05, 4.69) is 45.1 Å². The topological polar surface area (TPSA) is 27.6 Å². The minimum Gasteiger partial charge on any atom is -0.359 e. The van der Waals surface area contributed by atoms with Gasteiger partial charge in [-0.15, -0.1) is 0 Å². The van der Waals surface area contributed by atoms with Crippen LogP contribution in [0.3, 0.4) is 0 Å². The summed E-state index contributed by atoms with van der Waals surface area (Å²) in [5.74, 6) is 2.66. The van der Waals surface area contributed by atoms with Crippen LogP contribution in [0.4, 0.5) is 0 Å². The molecular weight excluding hydrogens is 266 g/mol. The quantitative estimate of drug-likeness (QED) is 0.863. The Kier molecular flexibility index (Phi) is 5.41. The van der Waals surface area contributed by atoms with Gasteiger partial charge in [0.15, 0.2) is 5.17 Å². The van der Waals surface area contributed by atoms with Gasteiger partial charge in [0, 0.05) is 17.8 Å². The zero-order chi connectivity index (χ0) is 14.8. The highest BCUT2D eigenvalue weighted by Crippen LogP contribution is 2.38. The first kappa shape index (κ1) is 16.2. The van der Waals surface area contributed by atoms with Crippen molar-refractivity contribution in [2.24, 2.45) is 16.8 Å². The Balaban J connectivity index is 2.01. The van der Waals surface area contributed by atoms with Crippen molar-refractivity contribution in [1.82, 2.24) is 10.2 Å². The first-order valence-corrected chi connectivity index (χ1v) is 9.02. The summed E-state index contributed by atoms with van der Waals surface area (Å²) in [4.78, 5) is 7.26. The van der Waals surface area contributed by atoms with Crippen molar-refractivity contribution >= 4 is 16.9 Å². The number of nitrogens with one attached hydrogen (secondary N) is 1.